The number of carbonyl (C=O) groups excluding carboxylic acids is 8. The fraction of sp³-hybridized carbons (Fsp3) is 0.567. The molecule has 0 saturated carbocycles. The largest absolute Gasteiger partial charge is 1.00 e. The first-order valence-electron chi connectivity index (χ1n) is 30.6. The predicted octanol–water partition coefficient (Wildman–Crippen LogP) is -7.50. The van der Waals surface area contributed by atoms with Crippen LogP contribution in [-0.4, -0.2) is 242 Å². The van der Waals surface area contributed by atoms with E-state index in [1.807, 2.05) is 24.3 Å². The summed E-state index contributed by atoms with van der Waals surface area (Å²) in [4.78, 5) is 120. The summed E-state index contributed by atoms with van der Waals surface area (Å²) >= 11 is -0.0943. The van der Waals surface area contributed by atoms with Gasteiger partial charge in [-0.3, -0.25) is 43.4 Å². The van der Waals surface area contributed by atoms with Crippen molar-refractivity contribution in [3.05, 3.63) is 77.9 Å². The number of benzene rings is 3. The van der Waals surface area contributed by atoms with Gasteiger partial charge in [0, 0.05) is 88.7 Å². The number of ether oxygens (including phenoxy) is 2. The van der Waals surface area contributed by atoms with Gasteiger partial charge in [0.15, 0.2) is 17.7 Å². The van der Waals surface area contributed by atoms with Gasteiger partial charge in [0.25, 0.3) is 18.2 Å². The molecule has 35 heteroatoms. The number of primary amides is 1. The number of aliphatic hydroxyl groups is 8. The maximum Gasteiger partial charge on any atom is 1.00 e. The Kier molecular flexibility index (Phi) is 29.8. The second kappa shape index (κ2) is 36.6. The van der Waals surface area contributed by atoms with Gasteiger partial charge in [-0.15, -0.1) is 4.33 Å². The number of rotatable bonds is 24. The third-order valence-corrected chi connectivity index (χ3v) is 17.1. The molecular formula is C60H83N10NaO23S. The van der Waals surface area contributed by atoms with Crippen LogP contribution in [0.4, 0.5) is 11.4 Å². The van der Waals surface area contributed by atoms with Crippen molar-refractivity contribution in [2.24, 2.45) is 11.7 Å². The molecule has 3 aromatic rings. The summed E-state index contributed by atoms with van der Waals surface area (Å²) in [6, 6.07) is 4.26. The van der Waals surface area contributed by atoms with Gasteiger partial charge >= 0.3 is 29.6 Å². The Bertz CT molecular complexity index is 3070. The van der Waals surface area contributed by atoms with Gasteiger partial charge in [0.05, 0.1) is 37.4 Å². The van der Waals surface area contributed by atoms with Crippen molar-refractivity contribution in [2.45, 2.75) is 150 Å². The summed E-state index contributed by atoms with van der Waals surface area (Å²) in [7, 11) is 1.70. The molecule has 7 rings (SSSR count). The molecular weight excluding hydrogens is 1280 g/mol. The van der Waals surface area contributed by atoms with Crippen LogP contribution in [0.1, 0.15) is 87.2 Å². The summed E-state index contributed by atoms with van der Waals surface area (Å²) < 4.78 is 20.1. The molecule has 3 aromatic carbocycles. The van der Waals surface area contributed by atoms with Gasteiger partial charge in [-0.2, -0.15) is 0 Å². The molecule has 33 nitrogen and oxygen atoms in total. The Balaban J connectivity index is 0.0000143. The van der Waals surface area contributed by atoms with E-state index in [9.17, 15) is 89.6 Å². The summed E-state index contributed by atoms with van der Waals surface area (Å²) in [5, 5.41) is 127. The van der Waals surface area contributed by atoms with Crippen molar-refractivity contribution in [1.82, 2.24) is 36.4 Å². The molecule has 8 amide bonds. The Hall–Kier alpha value is -6.71. The fourth-order valence-corrected chi connectivity index (χ4v) is 11.8. The number of nitrogens with two attached hydrogens (primary N) is 1. The number of aliphatic hydroxyl groups excluding tert-OH is 8. The number of phenolic OH excluding ortho intramolecular Hbond substituents is 1. The van der Waals surface area contributed by atoms with Crippen LogP contribution in [0.15, 0.2) is 66.7 Å². The third-order valence-electron chi connectivity index (χ3n) is 16.8. The maximum absolute atomic E-state index is 14.7. The average Bonchev–Trinajstić information content (AvgIpc) is 1.71. The number of amides is 8. The number of unbranched alkanes of at least 4 members (excludes halogenated alkanes) is 4. The molecule has 15 atom stereocenters. The van der Waals surface area contributed by atoms with Crippen molar-refractivity contribution in [3.8, 4) is 17.2 Å². The van der Waals surface area contributed by atoms with Gasteiger partial charge in [-0.25, -0.2) is 0 Å². The van der Waals surface area contributed by atoms with Crippen LogP contribution < -0.4 is 85.9 Å². The van der Waals surface area contributed by atoms with E-state index in [0.717, 1.165) is 81.0 Å². The Morgan fingerprint density at radius 3 is 1.93 bits per heavy atom. The number of hydrogen-bond donors (Lipinski definition) is 15. The number of fused-ring (bicyclic) bond motifs is 2. The number of carbonyl (C=O) groups is 8. The number of hydrogen-bond acceptors (Lipinski definition) is 26. The molecule has 0 radical (unpaired) electrons. The quantitative estimate of drug-likeness (QED) is 0.0130. The summed E-state index contributed by atoms with van der Waals surface area (Å²) in [6.45, 7) is 5.16. The van der Waals surface area contributed by atoms with Crippen LogP contribution in [0.3, 0.4) is 0 Å². The molecule has 0 aromatic heterocycles. The number of nitrogens with one attached hydrogen (secondary N) is 5. The molecule has 0 spiro atoms. The number of nitrogens with zero attached hydrogens (tertiary/aromatic N) is 4. The molecule has 0 bridgehead atoms. The predicted molar refractivity (Wildman–Crippen MR) is 327 cm³/mol. The molecule has 518 valence electrons. The number of piperazine rings is 1. The second-order valence-electron chi connectivity index (χ2n) is 23.6. The SMILES string of the molecule is COCCCCCCCOc1ccc(N2CCN(c3ccc(C(=O)NC4CC(O)C(O)NC(=O)C5C(O)C(C)CN5C(=O)C(C(O)CC(N)=O)NC(=O)C(C(O)C(O)c5ccc(O)c(OSOO[O-])c5)NC(=O)C5CC(O)CN5C(=O)C(C(C)O)NC4=O)cc3)CC2)cc1.[Na+]. The second-order valence-corrected chi connectivity index (χ2v) is 24.0. The zero-order valence-corrected chi connectivity index (χ0v) is 55.7. The van der Waals surface area contributed by atoms with E-state index in [0.29, 0.717) is 42.6 Å². The fourth-order valence-electron chi connectivity index (χ4n) is 11.6. The smallest absolute Gasteiger partial charge is 0.691 e. The average molecular weight is 1370 g/mol. The third kappa shape index (κ3) is 20.7. The van der Waals surface area contributed by atoms with Crippen LogP contribution in [0.2, 0.25) is 0 Å². The molecule has 95 heavy (non-hydrogen) atoms. The van der Waals surface area contributed by atoms with Crippen LogP contribution >= 0.6 is 12.3 Å². The van der Waals surface area contributed by atoms with Crippen LogP contribution in [0, 0.1) is 5.92 Å². The minimum absolute atomic E-state index is 0. The van der Waals surface area contributed by atoms with E-state index in [4.69, 9.17) is 19.4 Å². The molecule has 4 fully saturated rings. The summed E-state index contributed by atoms with van der Waals surface area (Å²) in [5.74, 6) is -11.9. The molecule has 4 aliphatic rings. The number of anilines is 2. The molecule has 4 saturated heterocycles. The van der Waals surface area contributed by atoms with E-state index in [1.165, 1.54) is 19.1 Å². The summed E-state index contributed by atoms with van der Waals surface area (Å²) in [5.41, 5.74) is 6.76. The van der Waals surface area contributed by atoms with E-state index in [-0.39, 0.29) is 53.0 Å². The van der Waals surface area contributed by atoms with E-state index >= 15 is 0 Å². The first-order valence-corrected chi connectivity index (χ1v) is 31.3. The molecule has 4 aliphatic heterocycles. The molecule has 16 N–H and O–H groups in total. The minimum Gasteiger partial charge on any atom is -0.691 e. The van der Waals surface area contributed by atoms with Crippen LogP contribution in [0.5, 0.6) is 17.2 Å². The van der Waals surface area contributed by atoms with E-state index in [1.54, 1.807) is 19.2 Å². The van der Waals surface area contributed by atoms with E-state index in [2.05, 4.69) is 45.8 Å². The van der Waals surface area contributed by atoms with Crippen molar-refractivity contribution in [1.29, 1.82) is 0 Å². The Morgan fingerprint density at radius 2 is 1.32 bits per heavy atom. The standard InChI is InChI=1S/C60H84N10O23S.Na/c1-31-29-70-49(50(31)77)58(85)66-56(83)43(75)27-39(62-53(80)33-9-12-35(13-10-33)67-19-21-68(22-20-67)36-14-16-38(17-15-36)90-24-8-6-4-5-7-23-89-3)54(81)63-46(32(2)71)59(86)69-30-37(72)26-40(69)55(82)65-48(57(84)64-47(60(70)87)42(74)28-45(61)76)52(79)51(78)34-11-18-41(73)44(25-34)91-94-93-92-88;/h9-18,25,31-32,37,39-40,42-43,46-52,56,71-75,77-79,83,88H,4-8,19-24,26-30H2,1-3H3,(H2,61,76)(H,62,80)(H,63,81)(H,64,84)(H,65,82)(H,66,85);/q;+1/p-1. The van der Waals surface area contributed by atoms with Gasteiger partial charge in [0.2, 0.25) is 41.4 Å². The Labute approximate surface area is 573 Å². The van der Waals surface area contributed by atoms with Crippen molar-refractivity contribution in [3.63, 3.8) is 0 Å². The maximum atomic E-state index is 14.7. The first kappa shape index (κ1) is 77.3. The topological polar surface area (TPSA) is 487 Å². The van der Waals surface area contributed by atoms with Crippen molar-refractivity contribution >= 4 is 71.0 Å². The normalized spacial score (nSPS) is 26.3. The number of phenols is 1. The van der Waals surface area contributed by atoms with Crippen LogP contribution in [-0.2, 0) is 47.7 Å². The molecule has 15 unspecified atom stereocenters. The van der Waals surface area contributed by atoms with E-state index < -0.39 is 182 Å². The van der Waals surface area contributed by atoms with Crippen LogP contribution in [0.25, 0.3) is 0 Å². The number of methoxy groups -OCH3 is 1. The van der Waals surface area contributed by atoms with Gasteiger partial charge in [0.1, 0.15) is 60.3 Å². The molecule has 0 aliphatic carbocycles. The Morgan fingerprint density at radius 1 is 0.726 bits per heavy atom. The minimum atomic E-state index is -2.56. The van der Waals surface area contributed by atoms with Gasteiger partial charge in [-0.1, -0.05) is 32.3 Å². The zero-order chi connectivity index (χ0) is 68.5. The summed E-state index contributed by atoms with van der Waals surface area (Å²) in [6.07, 6.45) is -14.3. The first-order chi connectivity index (χ1) is 44.8. The molecule has 4 heterocycles. The van der Waals surface area contributed by atoms with Gasteiger partial charge in [-0.05, 0) is 86.0 Å². The van der Waals surface area contributed by atoms with Crippen molar-refractivity contribution in [2.75, 3.05) is 69.4 Å². The number of aromatic hydroxyl groups is 1. The van der Waals surface area contributed by atoms with Crippen molar-refractivity contribution < 1.29 is 142 Å². The zero-order valence-electron chi connectivity index (χ0n) is 52.8. The van der Waals surface area contributed by atoms with Gasteiger partial charge < -0.3 is 117 Å². The monoisotopic (exact) mass is 1370 g/mol.